The molecule has 2 amide bonds. The molecule has 0 saturated carbocycles. The maximum Gasteiger partial charge on any atom is 0.262 e. The lowest BCUT2D eigenvalue weighted by Crippen LogP contribution is -2.33. The van der Waals surface area contributed by atoms with Crippen molar-refractivity contribution in [2.45, 2.75) is 32.9 Å². The molecule has 2 aromatic rings. The molecule has 4 rings (SSSR count). The highest BCUT2D eigenvalue weighted by Crippen LogP contribution is 2.31. The van der Waals surface area contributed by atoms with Crippen molar-refractivity contribution in [1.82, 2.24) is 10.2 Å². The molecule has 1 saturated heterocycles. The summed E-state index contributed by atoms with van der Waals surface area (Å²) in [6.07, 6.45) is 2.61. The van der Waals surface area contributed by atoms with Gasteiger partial charge in [-0.05, 0) is 48.6 Å². The van der Waals surface area contributed by atoms with E-state index < -0.39 is 0 Å². The zero-order valence-electron chi connectivity index (χ0n) is 16.7. The number of ether oxygens (including phenoxy) is 1. The van der Waals surface area contributed by atoms with Gasteiger partial charge in [0.2, 0.25) is 0 Å². The lowest BCUT2D eigenvalue weighted by molar-refractivity contribution is -0.118. The predicted octanol–water partition coefficient (Wildman–Crippen LogP) is 3.18. The van der Waals surface area contributed by atoms with E-state index in [0.717, 1.165) is 18.0 Å². The van der Waals surface area contributed by atoms with Crippen LogP contribution in [-0.4, -0.2) is 36.4 Å². The number of amides is 2. The topological polar surface area (TPSA) is 70.7 Å². The first-order valence-corrected chi connectivity index (χ1v) is 10.2. The molecule has 6 nitrogen and oxygen atoms in total. The molecular weight excluding hydrogens is 366 g/mol. The fourth-order valence-corrected chi connectivity index (χ4v) is 4.02. The highest BCUT2D eigenvalue weighted by Gasteiger charge is 2.22. The second-order valence-electron chi connectivity index (χ2n) is 8.00. The Hall–Kier alpha value is -2.86. The molecule has 29 heavy (non-hydrogen) atoms. The number of rotatable bonds is 5. The molecule has 1 unspecified atom stereocenters. The minimum Gasteiger partial charge on any atom is -0.481 e. The van der Waals surface area contributed by atoms with Crippen LogP contribution in [0.3, 0.4) is 0 Å². The summed E-state index contributed by atoms with van der Waals surface area (Å²) in [5.41, 5.74) is 3.31. The number of hydrogen-bond donors (Lipinski definition) is 2. The summed E-state index contributed by atoms with van der Waals surface area (Å²) in [5, 5.41) is 5.66. The lowest BCUT2D eigenvalue weighted by Gasteiger charge is -2.30. The number of carbonyl (C=O) groups excluding carboxylic acids is 2. The van der Waals surface area contributed by atoms with Gasteiger partial charge in [0.25, 0.3) is 11.8 Å². The summed E-state index contributed by atoms with van der Waals surface area (Å²) in [7, 11) is 0. The lowest BCUT2D eigenvalue weighted by atomic mass is 9.99. The summed E-state index contributed by atoms with van der Waals surface area (Å²) in [6, 6.07) is 13.6. The van der Waals surface area contributed by atoms with Crippen LogP contribution in [0.5, 0.6) is 5.75 Å². The number of anilines is 1. The molecule has 2 aliphatic heterocycles. The molecule has 1 fully saturated rings. The first-order chi connectivity index (χ1) is 14.1. The molecule has 2 heterocycles. The normalized spacial score (nSPS) is 19.1. The van der Waals surface area contributed by atoms with Gasteiger partial charge in [-0.25, -0.2) is 0 Å². The summed E-state index contributed by atoms with van der Waals surface area (Å²) < 4.78 is 5.46. The maximum absolute atomic E-state index is 12.6. The van der Waals surface area contributed by atoms with E-state index >= 15 is 0 Å². The third-order valence-electron chi connectivity index (χ3n) is 5.50. The highest BCUT2D eigenvalue weighted by molar-refractivity contribution is 6.03. The Balaban J connectivity index is 1.34. The number of fused-ring (bicyclic) bond motifs is 1. The predicted molar refractivity (Wildman–Crippen MR) is 112 cm³/mol. The highest BCUT2D eigenvalue weighted by atomic mass is 16.5. The molecule has 0 aliphatic carbocycles. The van der Waals surface area contributed by atoms with E-state index in [1.165, 1.54) is 31.5 Å². The monoisotopic (exact) mass is 393 g/mol. The van der Waals surface area contributed by atoms with E-state index in [-0.39, 0.29) is 18.4 Å². The van der Waals surface area contributed by atoms with Gasteiger partial charge in [-0.3, -0.25) is 14.5 Å². The fourth-order valence-electron chi connectivity index (χ4n) is 4.02. The zero-order chi connectivity index (χ0) is 20.2. The van der Waals surface area contributed by atoms with E-state index in [0.29, 0.717) is 23.5 Å². The molecule has 2 aliphatic rings. The Kier molecular flexibility index (Phi) is 5.81. The Labute approximate surface area is 171 Å². The van der Waals surface area contributed by atoms with Crippen molar-refractivity contribution in [2.75, 3.05) is 25.0 Å². The number of nitrogens with zero attached hydrogens (tertiary/aromatic N) is 1. The van der Waals surface area contributed by atoms with Crippen LogP contribution >= 0.6 is 0 Å². The third-order valence-corrected chi connectivity index (χ3v) is 5.50. The molecule has 1 atom stereocenters. The van der Waals surface area contributed by atoms with E-state index in [9.17, 15) is 9.59 Å². The van der Waals surface area contributed by atoms with E-state index in [1.54, 1.807) is 18.2 Å². The molecule has 0 aromatic heterocycles. The maximum atomic E-state index is 12.6. The van der Waals surface area contributed by atoms with E-state index in [1.807, 2.05) is 0 Å². The van der Waals surface area contributed by atoms with Crippen molar-refractivity contribution < 1.29 is 14.3 Å². The van der Waals surface area contributed by atoms with Gasteiger partial charge in [-0.1, -0.05) is 37.3 Å². The number of para-hydroxylation sites is 1. The van der Waals surface area contributed by atoms with E-state index in [4.69, 9.17) is 4.74 Å². The first-order valence-electron chi connectivity index (χ1n) is 10.2. The average molecular weight is 393 g/mol. The number of nitrogens with one attached hydrogen (secondary N) is 2. The number of carbonyl (C=O) groups is 2. The van der Waals surface area contributed by atoms with Gasteiger partial charge < -0.3 is 15.4 Å². The van der Waals surface area contributed by atoms with Gasteiger partial charge in [0.05, 0.1) is 11.3 Å². The SMILES string of the molecule is CC1CCCN(Cc2ccc(CNC(=O)c3cccc4c3OCC(=O)N4)cc2)C1. The van der Waals surface area contributed by atoms with Crippen LogP contribution in [0.1, 0.15) is 41.3 Å². The van der Waals surface area contributed by atoms with Crippen molar-refractivity contribution >= 4 is 17.5 Å². The van der Waals surface area contributed by atoms with Crippen molar-refractivity contribution in [3.63, 3.8) is 0 Å². The third kappa shape index (κ3) is 4.77. The standard InChI is InChI=1S/C23H27N3O3/c1-16-4-3-11-26(13-16)14-18-9-7-17(8-10-18)12-24-23(28)19-5-2-6-20-22(19)29-15-21(27)25-20/h2,5-10,16H,3-4,11-15H2,1H3,(H,24,28)(H,25,27). The second-order valence-corrected chi connectivity index (χ2v) is 8.00. The Morgan fingerprint density at radius 2 is 2.00 bits per heavy atom. The van der Waals surface area contributed by atoms with Crippen LogP contribution in [0.25, 0.3) is 0 Å². The van der Waals surface area contributed by atoms with Gasteiger partial charge in [0, 0.05) is 19.6 Å². The van der Waals surface area contributed by atoms with Crippen LogP contribution in [0.4, 0.5) is 5.69 Å². The molecular formula is C23H27N3O3. The van der Waals surface area contributed by atoms with Crippen LogP contribution in [0, 0.1) is 5.92 Å². The van der Waals surface area contributed by atoms with Gasteiger partial charge in [0.1, 0.15) is 0 Å². The zero-order valence-corrected chi connectivity index (χ0v) is 16.7. The molecule has 0 radical (unpaired) electrons. The van der Waals surface area contributed by atoms with E-state index in [2.05, 4.69) is 46.7 Å². The van der Waals surface area contributed by atoms with Crippen molar-refractivity contribution in [3.8, 4) is 5.75 Å². The number of hydrogen-bond acceptors (Lipinski definition) is 4. The minimum atomic E-state index is -0.218. The fraction of sp³-hybridized carbons (Fsp3) is 0.391. The molecule has 0 bridgehead atoms. The summed E-state index contributed by atoms with van der Waals surface area (Å²) >= 11 is 0. The summed E-state index contributed by atoms with van der Waals surface area (Å²) in [6.45, 7) is 6.01. The van der Waals surface area contributed by atoms with Crippen molar-refractivity contribution in [3.05, 3.63) is 59.2 Å². The van der Waals surface area contributed by atoms with Crippen LogP contribution in [0.2, 0.25) is 0 Å². The molecule has 2 N–H and O–H groups in total. The average Bonchev–Trinajstić information content (AvgIpc) is 2.72. The Bertz CT molecular complexity index is 895. The number of likely N-dealkylation sites (tertiary alicyclic amines) is 1. The smallest absolute Gasteiger partial charge is 0.262 e. The van der Waals surface area contributed by atoms with Crippen molar-refractivity contribution in [1.29, 1.82) is 0 Å². The quantitative estimate of drug-likeness (QED) is 0.819. The van der Waals surface area contributed by atoms with Gasteiger partial charge >= 0.3 is 0 Å². The van der Waals surface area contributed by atoms with Gasteiger partial charge in [-0.15, -0.1) is 0 Å². The largest absolute Gasteiger partial charge is 0.481 e. The van der Waals surface area contributed by atoms with Crippen molar-refractivity contribution in [2.24, 2.45) is 5.92 Å². The van der Waals surface area contributed by atoms with Crippen LogP contribution in [0.15, 0.2) is 42.5 Å². The Morgan fingerprint density at radius 1 is 1.21 bits per heavy atom. The van der Waals surface area contributed by atoms with Crippen LogP contribution < -0.4 is 15.4 Å². The summed E-state index contributed by atoms with van der Waals surface area (Å²) in [5.74, 6) is 0.772. The second kappa shape index (κ2) is 8.66. The number of benzene rings is 2. The molecule has 152 valence electrons. The molecule has 0 spiro atoms. The molecule has 6 heteroatoms. The van der Waals surface area contributed by atoms with Crippen LogP contribution in [-0.2, 0) is 17.9 Å². The first kappa shape index (κ1) is 19.5. The number of piperidine rings is 1. The molecule has 2 aromatic carbocycles. The van der Waals surface area contributed by atoms with Gasteiger partial charge in [-0.2, -0.15) is 0 Å². The van der Waals surface area contributed by atoms with Gasteiger partial charge in [0.15, 0.2) is 12.4 Å². The summed E-state index contributed by atoms with van der Waals surface area (Å²) in [4.78, 5) is 26.6. The minimum absolute atomic E-state index is 0.0749. The Morgan fingerprint density at radius 3 is 2.79 bits per heavy atom.